The van der Waals surface area contributed by atoms with Crippen molar-refractivity contribution in [1.82, 2.24) is 4.98 Å². The van der Waals surface area contributed by atoms with Crippen LogP contribution in [0.4, 0.5) is 0 Å². The van der Waals surface area contributed by atoms with Gasteiger partial charge in [-0.2, -0.15) is 0 Å². The van der Waals surface area contributed by atoms with Crippen molar-refractivity contribution in [1.29, 1.82) is 0 Å². The van der Waals surface area contributed by atoms with E-state index >= 15 is 0 Å². The number of carbonyl (C=O) groups is 1. The number of aromatic amines is 1. The third-order valence-corrected chi connectivity index (χ3v) is 3.59. The number of nitrogens with one attached hydrogen (secondary N) is 1. The van der Waals surface area contributed by atoms with Gasteiger partial charge in [0.2, 0.25) is 0 Å². The maximum atomic E-state index is 11.7. The summed E-state index contributed by atoms with van der Waals surface area (Å²) in [6.45, 7) is 4.30. The summed E-state index contributed by atoms with van der Waals surface area (Å²) in [4.78, 5) is 25.6. The molecule has 0 saturated heterocycles. The van der Waals surface area contributed by atoms with Crippen molar-refractivity contribution in [3.63, 3.8) is 0 Å². The van der Waals surface area contributed by atoms with Crippen molar-refractivity contribution in [2.24, 2.45) is 5.73 Å². The van der Waals surface area contributed by atoms with Gasteiger partial charge < -0.3 is 10.7 Å². The van der Waals surface area contributed by atoms with Crippen LogP contribution in [-0.2, 0) is 0 Å². The highest BCUT2D eigenvalue weighted by Gasteiger charge is 2.11. The van der Waals surface area contributed by atoms with Crippen molar-refractivity contribution in [2.45, 2.75) is 32.6 Å². The summed E-state index contributed by atoms with van der Waals surface area (Å²) in [5.74, 6) is -0.212. The van der Waals surface area contributed by atoms with E-state index in [1.807, 2.05) is 18.2 Å². The normalized spacial score (nSPS) is 11.1. The van der Waals surface area contributed by atoms with Crippen molar-refractivity contribution >= 4 is 16.8 Å². The highest BCUT2D eigenvalue weighted by atomic mass is 16.2. The molecular weight excluding hydrogens is 240 g/mol. The predicted molar refractivity (Wildman–Crippen MR) is 76.4 cm³/mol. The van der Waals surface area contributed by atoms with Gasteiger partial charge in [0.1, 0.15) is 5.56 Å². The molecule has 0 unspecified atom stereocenters. The number of amides is 1. The molecule has 1 amide bonds. The van der Waals surface area contributed by atoms with E-state index < -0.39 is 11.5 Å². The molecule has 0 fully saturated rings. The summed E-state index contributed by atoms with van der Waals surface area (Å²) < 4.78 is 0. The molecule has 4 heteroatoms. The number of rotatable bonds is 4. The van der Waals surface area contributed by atoms with E-state index in [2.05, 4.69) is 18.8 Å². The van der Waals surface area contributed by atoms with Gasteiger partial charge in [0.15, 0.2) is 0 Å². The molecule has 2 rings (SSSR count). The molecule has 1 aromatic carbocycles. The van der Waals surface area contributed by atoms with Crippen molar-refractivity contribution in [3.05, 3.63) is 45.7 Å². The Kier molecular flexibility index (Phi) is 3.69. The third-order valence-electron chi connectivity index (χ3n) is 3.59. The average Bonchev–Trinajstić information content (AvgIpc) is 2.38. The van der Waals surface area contributed by atoms with Crippen LogP contribution in [0.3, 0.4) is 0 Å². The van der Waals surface area contributed by atoms with Gasteiger partial charge in [-0.15, -0.1) is 0 Å². The van der Waals surface area contributed by atoms with E-state index in [1.165, 1.54) is 5.56 Å². The summed E-state index contributed by atoms with van der Waals surface area (Å²) in [5, 5.41) is 0.822. The number of benzene rings is 1. The molecule has 0 aliphatic carbocycles. The second-order valence-electron chi connectivity index (χ2n) is 4.74. The van der Waals surface area contributed by atoms with E-state index in [1.54, 1.807) is 6.07 Å². The summed E-state index contributed by atoms with van der Waals surface area (Å²) in [7, 11) is 0. The van der Waals surface area contributed by atoms with Gasteiger partial charge in [-0.3, -0.25) is 9.59 Å². The molecule has 100 valence electrons. The SMILES string of the molecule is CCC(CC)c1ccc2cc(C(N)=O)c(=O)[nH]c2c1. The van der Waals surface area contributed by atoms with Gasteiger partial charge in [0.05, 0.1) is 0 Å². The fourth-order valence-corrected chi connectivity index (χ4v) is 2.42. The first-order valence-corrected chi connectivity index (χ1v) is 6.53. The van der Waals surface area contributed by atoms with E-state index in [-0.39, 0.29) is 5.56 Å². The van der Waals surface area contributed by atoms with Crippen LogP contribution in [0.1, 0.15) is 48.5 Å². The van der Waals surface area contributed by atoms with Crippen LogP contribution in [0.25, 0.3) is 10.9 Å². The van der Waals surface area contributed by atoms with Gasteiger partial charge in [0, 0.05) is 5.52 Å². The Balaban J connectivity index is 2.59. The fourth-order valence-electron chi connectivity index (χ4n) is 2.42. The molecule has 1 aromatic heterocycles. The number of hydrogen-bond acceptors (Lipinski definition) is 2. The van der Waals surface area contributed by atoms with E-state index in [9.17, 15) is 9.59 Å². The first-order valence-electron chi connectivity index (χ1n) is 6.53. The second kappa shape index (κ2) is 5.26. The van der Waals surface area contributed by atoms with Crippen LogP contribution in [0.5, 0.6) is 0 Å². The minimum atomic E-state index is -0.702. The van der Waals surface area contributed by atoms with E-state index in [0.29, 0.717) is 5.92 Å². The van der Waals surface area contributed by atoms with Crippen LogP contribution in [0, 0.1) is 0 Å². The molecule has 2 aromatic rings. The smallest absolute Gasteiger partial charge is 0.261 e. The molecule has 0 saturated carbocycles. The Bertz CT molecular complexity index is 669. The molecule has 0 spiro atoms. The Morgan fingerprint density at radius 2 is 1.95 bits per heavy atom. The minimum absolute atomic E-state index is 0.00258. The summed E-state index contributed by atoms with van der Waals surface area (Å²) in [6.07, 6.45) is 2.12. The lowest BCUT2D eigenvalue weighted by atomic mass is 9.93. The standard InChI is InChI=1S/C15H18N2O2/c1-3-9(4-2)10-5-6-11-7-12(14(16)18)15(19)17-13(11)8-10/h5-9H,3-4H2,1-2H3,(H2,16,18)(H,17,19). The zero-order chi connectivity index (χ0) is 14.0. The number of H-pyrrole nitrogens is 1. The molecule has 1 heterocycles. The number of carbonyl (C=O) groups excluding carboxylic acids is 1. The van der Waals surface area contributed by atoms with Gasteiger partial charge in [-0.05, 0) is 41.8 Å². The fraction of sp³-hybridized carbons (Fsp3) is 0.333. The Labute approximate surface area is 111 Å². The Morgan fingerprint density at radius 3 is 2.53 bits per heavy atom. The lowest BCUT2D eigenvalue weighted by molar-refractivity contribution is 0.0999. The predicted octanol–water partition coefficient (Wildman–Crippen LogP) is 2.53. The van der Waals surface area contributed by atoms with Crippen molar-refractivity contribution in [2.75, 3.05) is 0 Å². The van der Waals surface area contributed by atoms with E-state index in [4.69, 9.17) is 5.73 Å². The van der Waals surface area contributed by atoms with Crippen LogP contribution in [0.15, 0.2) is 29.1 Å². The molecular formula is C15H18N2O2. The number of fused-ring (bicyclic) bond motifs is 1. The maximum absolute atomic E-state index is 11.7. The molecule has 0 bridgehead atoms. The number of aromatic nitrogens is 1. The van der Waals surface area contributed by atoms with Crippen LogP contribution in [-0.4, -0.2) is 10.9 Å². The summed E-state index contributed by atoms with van der Waals surface area (Å²) >= 11 is 0. The Morgan fingerprint density at radius 1 is 1.26 bits per heavy atom. The molecule has 3 N–H and O–H groups in total. The lowest BCUT2D eigenvalue weighted by Gasteiger charge is -2.13. The average molecular weight is 258 g/mol. The van der Waals surface area contributed by atoms with Gasteiger partial charge in [-0.25, -0.2) is 0 Å². The third kappa shape index (κ3) is 2.52. The topological polar surface area (TPSA) is 76.0 Å². The van der Waals surface area contributed by atoms with Crippen molar-refractivity contribution < 1.29 is 4.79 Å². The second-order valence-corrected chi connectivity index (χ2v) is 4.74. The molecule has 19 heavy (non-hydrogen) atoms. The zero-order valence-corrected chi connectivity index (χ0v) is 11.2. The zero-order valence-electron chi connectivity index (χ0n) is 11.2. The summed E-state index contributed by atoms with van der Waals surface area (Å²) in [5.41, 5.74) is 6.70. The molecule has 0 atom stereocenters. The first kappa shape index (κ1) is 13.3. The van der Waals surface area contributed by atoms with Crippen LogP contribution in [0.2, 0.25) is 0 Å². The minimum Gasteiger partial charge on any atom is -0.365 e. The number of nitrogens with two attached hydrogens (primary N) is 1. The number of pyridine rings is 1. The monoisotopic (exact) mass is 258 g/mol. The van der Waals surface area contributed by atoms with Gasteiger partial charge >= 0.3 is 0 Å². The van der Waals surface area contributed by atoms with Crippen molar-refractivity contribution in [3.8, 4) is 0 Å². The molecule has 0 aliphatic rings. The Hall–Kier alpha value is -2.10. The highest BCUT2D eigenvalue weighted by Crippen LogP contribution is 2.25. The van der Waals surface area contributed by atoms with Gasteiger partial charge in [-0.1, -0.05) is 26.0 Å². The first-order chi connectivity index (χ1) is 9.06. The van der Waals surface area contributed by atoms with E-state index in [0.717, 1.165) is 23.7 Å². The van der Waals surface area contributed by atoms with Gasteiger partial charge in [0.25, 0.3) is 11.5 Å². The molecule has 0 aliphatic heterocycles. The number of primary amides is 1. The molecule has 4 nitrogen and oxygen atoms in total. The van der Waals surface area contributed by atoms with Crippen LogP contribution < -0.4 is 11.3 Å². The molecule has 0 radical (unpaired) electrons. The quantitative estimate of drug-likeness (QED) is 0.884. The highest BCUT2D eigenvalue weighted by molar-refractivity contribution is 5.96. The number of hydrogen-bond donors (Lipinski definition) is 2. The lowest BCUT2D eigenvalue weighted by Crippen LogP contribution is -2.23. The van der Waals surface area contributed by atoms with Crippen LogP contribution >= 0.6 is 0 Å². The maximum Gasteiger partial charge on any atom is 0.261 e. The largest absolute Gasteiger partial charge is 0.365 e. The summed E-state index contributed by atoms with van der Waals surface area (Å²) in [6, 6.07) is 7.50.